The molecule has 1 amide bonds. The number of aromatic hydroxyl groups is 1. The smallest absolute Gasteiger partial charge is 0.261 e. The number of thiazole rings is 1. The summed E-state index contributed by atoms with van der Waals surface area (Å²) in [5.74, 6) is -0.795. The van der Waals surface area contributed by atoms with Crippen LogP contribution in [0, 0.1) is 0 Å². The average Bonchev–Trinajstić information content (AvgIpc) is 2.74. The van der Waals surface area contributed by atoms with Gasteiger partial charge in [0.15, 0.2) is 15.0 Å². The molecule has 0 saturated heterocycles. The second-order valence-corrected chi connectivity index (χ2v) is 7.18. The van der Waals surface area contributed by atoms with E-state index in [2.05, 4.69) is 10.3 Å². The lowest BCUT2D eigenvalue weighted by atomic mass is 10.2. The third kappa shape index (κ3) is 3.78. The number of anilines is 1. The van der Waals surface area contributed by atoms with Gasteiger partial charge in [-0.15, -0.1) is 11.3 Å². The Labute approximate surface area is 120 Å². The summed E-state index contributed by atoms with van der Waals surface area (Å²) in [7, 11) is -3.16. The van der Waals surface area contributed by atoms with E-state index >= 15 is 0 Å². The molecule has 0 aliphatic heterocycles. The molecule has 20 heavy (non-hydrogen) atoms. The second-order valence-electron chi connectivity index (χ2n) is 4.19. The van der Waals surface area contributed by atoms with Crippen molar-refractivity contribution in [2.24, 2.45) is 0 Å². The lowest BCUT2D eigenvalue weighted by Crippen LogP contribution is -2.12. The maximum Gasteiger partial charge on any atom is 0.261 e. The Morgan fingerprint density at radius 1 is 1.40 bits per heavy atom. The molecule has 2 aromatic rings. The van der Waals surface area contributed by atoms with Gasteiger partial charge in [0.25, 0.3) is 5.91 Å². The molecule has 2 rings (SSSR count). The van der Waals surface area contributed by atoms with Crippen molar-refractivity contribution in [1.82, 2.24) is 4.98 Å². The first kappa shape index (κ1) is 14.5. The molecule has 0 aliphatic carbocycles. The summed E-state index contributed by atoms with van der Waals surface area (Å²) in [6.07, 6.45) is 1.12. The minimum Gasteiger partial charge on any atom is -0.507 e. The molecule has 1 heterocycles. The van der Waals surface area contributed by atoms with Crippen molar-refractivity contribution in [3.05, 3.63) is 40.9 Å². The van der Waals surface area contributed by atoms with E-state index in [1.54, 1.807) is 17.5 Å². The van der Waals surface area contributed by atoms with Crippen LogP contribution >= 0.6 is 11.3 Å². The van der Waals surface area contributed by atoms with Gasteiger partial charge in [-0.1, -0.05) is 12.1 Å². The van der Waals surface area contributed by atoms with Crippen molar-refractivity contribution in [3.8, 4) is 5.75 Å². The molecule has 8 heteroatoms. The zero-order chi connectivity index (χ0) is 14.8. The van der Waals surface area contributed by atoms with Crippen molar-refractivity contribution in [2.75, 3.05) is 11.6 Å². The lowest BCUT2D eigenvalue weighted by Gasteiger charge is -2.03. The van der Waals surface area contributed by atoms with E-state index in [-0.39, 0.29) is 22.2 Å². The number of rotatable bonds is 4. The number of hydrogen-bond donors (Lipinski definition) is 2. The quantitative estimate of drug-likeness (QED) is 0.894. The standard InChI is InChI=1S/C12H12N2O4S2/c1-20(17,18)7-8-6-19-12(13-8)14-11(16)9-4-2-3-5-10(9)15/h2-6,15H,7H2,1H3,(H,13,14,16). The first-order valence-corrected chi connectivity index (χ1v) is 8.50. The number of nitrogens with one attached hydrogen (secondary N) is 1. The molecular weight excluding hydrogens is 300 g/mol. The first-order chi connectivity index (χ1) is 9.35. The topological polar surface area (TPSA) is 96.4 Å². The molecule has 6 nitrogen and oxygen atoms in total. The van der Waals surface area contributed by atoms with Crippen molar-refractivity contribution in [1.29, 1.82) is 0 Å². The summed E-state index contributed by atoms with van der Waals surface area (Å²) in [4.78, 5) is 15.9. The molecule has 0 spiro atoms. The number of phenolic OH excluding ortho intramolecular Hbond substituents is 1. The summed E-state index contributed by atoms with van der Waals surface area (Å²) >= 11 is 1.13. The minimum absolute atomic E-state index is 0.127. The number of carbonyl (C=O) groups is 1. The molecular formula is C12H12N2O4S2. The van der Waals surface area contributed by atoms with Gasteiger partial charge in [-0.05, 0) is 12.1 Å². The highest BCUT2D eigenvalue weighted by atomic mass is 32.2. The molecule has 0 atom stereocenters. The molecule has 0 aliphatic rings. The zero-order valence-corrected chi connectivity index (χ0v) is 12.2. The third-order valence-corrected chi connectivity index (χ3v) is 3.96. The normalized spacial score (nSPS) is 11.2. The number of phenols is 1. The van der Waals surface area contributed by atoms with Gasteiger partial charge in [-0.25, -0.2) is 13.4 Å². The third-order valence-electron chi connectivity index (χ3n) is 2.33. The highest BCUT2D eigenvalue weighted by Crippen LogP contribution is 2.21. The Bertz CT molecular complexity index is 737. The van der Waals surface area contributed by atoms with Crippen LogP contribution in [-0.4, -0.2) is 30.7 Å². The predicted molar refractivity (Wildman–Crippen MR) is 76.7 cm³/mol. The van der Waals surface area contributed by atoms with Gasteiger partial charge in [-0.2, -0.15) is 0 Å². The van der Waals surface area contributed by atoms with E-state index < -0.39 is 15.7 Å². The number of aromatic nitrogens is 1. The van der Waals surface area contributed by atoms with Gasteiger partial charge in [0.2, 0.25) is 0 Å². The number of amides is 1. The van der Waals surface area contributed by atoms with Crippen LogP contribution in [0.2, 0.25) is 0 Å². The van der Waals surface area contributed by atoms with E-state index in [9.17, 15) is 18.3 Å². The van der Waals surface area contributed by atoms with Crippen LogP contribution in [0.3, 0.4) is 0 Å². The summed E-state index contributed by atoms with van der Waals surface area (Å²) < 4.78 is 22.3. The average molecular weight is 312 g/mol. The van der Waals surface area contributed by atoms with Crippen LogP contribution in [0.25, 0.3) is 0 Å². The van der Waals surface area contributed by atoms with Gasteiger partial charge >= 0.3 is 0 Å². The Morgan fingerprint density at radius 3 is 2.75 bits per heavy atom. The number of hydrogen-bond acceptors (Lipinski definition) is 6. The number of nitrogens with zero attached hydrogens (tertiary/aromatic N) is 1. The fourth-order valence-corrected chi connectivity index (χ4v) is 3.03. The van der Waals surface area contributed by atoms with E-state index in [4.69, 9.17) is 0 Å². The number of para-hydroxylation sites is 1. The van der Waals surface area contributed by atoms with Gasteiger partial charge in [0.1, 0.15) is 5.75 Å². The SMILES string of the molecule is CS(=O)(=O)Cc1csc(NC(=O)c2ccccc2O)n1. The molecule has 1 aromatic heterocycles. The fraction of sp³-hybridized carbons (Fsp3) is 0.167. The van der Waals surface area contributed by atoms with Crippen molar-refractivity contribution < 1.29 is 18.3 Å². The maximum atomic E-state index is 11.9. The Morgan fingerprint density at radius 2 is 2.10 bits per heavy atom. The molecule has 2 N–H and O–H groups in total. The van der Waals surface area contributed by atoms with E-state index in [1.165, 1.54) is 12.1 Å². The predicted octanol–water partition coefficient (Wildman–Crippen LogP) is 1.65. The summed E-state index contributed by atoms with van der Waals surface area (Å²) in [5.41, 5.74) is 0.512. The van der Waals surface area contributed by atoms with Crippen molar-refractivity contribution in [2.45, 2.75) is 5.75 Å². The first-order valence-electron chi connectivity index (χ1n) is 5.56. The highest BCUT2D eigenvalue weighted by Gasteiger charge is 2.14. The van der Waals surface area contributed by atoms with Gasteiger partial charge in [-0.3, -0.25) is 10.1 Å². The van der Waals surface area contributed by atoms with E-state index in [0.29, 0.717) is 5.69 Å². The van der Waals surface area contributed by atoms with E-state index in [1.807, 2.05) is 0 Å². The van der Waals surface area contributed by atoms with Crippen LogP contribution in [0.15, 0.2) is 29.6 Å². The minimum atomic E-state index is -3.16. The van der Waals surface area contributed by atoms with Crippen LogP contribution in [-0.2, 0) is 15.6 Å². The molecule has 0 saturated carbocycles. The lowest BCUT2D eigenvalue weighted by molar-refractivity contribution is 0.102. The second kappa shape index (κ2) is 5.59. The van der Waals surface area contributed by atoms with Crippen molar-refractivity contribution >= 4 is 32.2 Å². The highest BCUT2D eigenvalue weighted by molar-refractivity contribution is 7.89. The fourth-order valence-electron chi connectivity index (χ4n) is 1.53. The molecule has 106 valence electrons. The summed E-state index contributed by atoms with van der Waals surface area (Å²) in [6, 6.07) is 6.13. The number of benzene rings is 1. The largest absolute Gasteiger partial charge is 0.507 e. The summed E-state index contributed by atoms with van der Waals surface area (Å²) in [5, 5.41) is 13.9. The van der Waals surface area contributed by atoms with Crippen molar-refractivity contribution in [3.63, 3.8) is 0 Å². The van der Waals surface area contributed by atoms with Gasteiger partial charge < -0.3 is 5.11 Å². The zero-order valence-electron chi connectivity index (χ0n) is 10.5. The molecule has 0 unspecified atom stereocenters. The van der Waals surface area contributed by atoms with Crippen LogP contribution < -0.4 is 5.32 Å². The van der Waals surface area contributed by atoms with Crippen LogP contribution in [0.4, 0.5) is 5.13 Å². The van der Waals surface area contributed by atoms with Crippen LogP contribution in [0.5, 0.6) is 5.75 Å². The molecule has 0 radical (unpaired) electrons. The monoisotopic (exact) mass is 312 g/mol. The van der Waals surface area contributed by atoms with E-state index in [0.717, 1.165) is 17.6 Å². The molecule has 0 fully saturated rings. The summed E-state index contributed by atoms with van der Waals surface area (Å²) in [6.45, 7) is 0. The Kier molecular flexibility index (Phi) is 4.05. The maximum absolute atomic E-state index is 11.9. The Hall–Kier alpha value is -1.93. The Balaban J connectivity index is 2.11. The van der Waals surface area contributed by atoms with Gasteiger partial charge in [0.05, 0.1) is 17.0 Å². The van der Waals surface area contributed by atoms with Gasteiger partial charge in [0, 0.05) is 11.6 Å². The number of carbonyl (C=O) groups excluding carboxylic acids is 1. The number of sulfone groups is 1. The molecule has 1 aromatic carbocycles. The molecule has 0 bridgehead atoms. The van der Waals surface area contributed by atoms with Crippen LogP contribution in [0.1, 0.15) is 16.1 Å².